The summed E-state index contributed by atoms with van der Waals surface area (Å²) in [4.78, 5) is 23.4. The van der Waals surface area contributed by atoms with Gasteiger partial charge in [0.1, 0.15) is 0 Å². The first-order valence-electron chi connectivity index (χ1n) is 4.00. The lowest BCUT2D eigenvalue weighted by atomic mass is 10.5. The summed E-state index contributed by atoms with van der Waals surface area (Å²) in [6, 6.07) is 0. The van der Waals surface area contributed by atoms with E-state index in [1.807, 2.05) is 0 Å². The molecule has 0 heterocycles. The molecule has 0 aliphatic heterocycles. The van der Waals surface area contributed by atoms with Crippen LogP contribution in [0.25, 0.3) is 0 Å². The van der Waals surface area contributed by atoms with Crippen molar-refractivity contribution >= 4 is 21.8 Å². The Balaban J connectivity index is 4.04. The largest absolute Gasteiger partial charge is 0.348 e. The van der Waals surface area contributed by atoms with Crippen LogP contribution in [0.1, 0.15) is 13.8 Å². The molecule has 0 unspecified atom stereocenters. The molecule has 7 nitrogen and oxygen atoms in total. The fraction of sp³-hybridized carbons (Fsp3) is 0.667. The summed E-state index contributed by atoms with van der Waals surface area (Å²) in [5.74, 6) is -2.10. The van der Waals surface area contributed by atoms with E-state index in [0.717, 1.165) is 0 Å². The Labute approximate surface area is 82.3 Å². The van der Waals surface area contributed by atoms with Gasteiger partial charge in [-0.25, -0.2) is 8.42 Å². The summed E-state index contributed by atoms with van der Waals surface area (Å²) < 4.78 is 21.7. The highest BCUT2D eigenvalue weighted by Gasteiger charge is 2.14. The van der Waals surface area contributed by atoms with E-state index in [4.69, 9.17) is 0 Å². The monoisotopic (exact) mass is 223 g/mol. The quantitative estimate of drug-likeness (QED) is 0.382. The zero-order valence-electron chi connectivity index (χ0n) is 7.96. The lowest BCUT2D eigenvalue weighted by Crippen LogP contribution is -2.48. The zero-order chi connectivity index (χ0) is 11.2. The number of nitrogens with one attached hydrogen (secondary N) is 3. The van der Waals surface area contributed by atoms with Crippen LogP contribution in [0.4, 0.5) is 0 Å². The molecule has 82 valence electrons. The molecule has 0 aromatic rings. The second-order valence-corrected chi connectivity index (χ2v) is 4.33. The van der Waals surface area contributed by atoms with E-state index in [9.17, 15) is 18.0 Å². The third-order valence-electron chi connectivity index (χ3n) is 1.24. The number of likely N-dealkylation sites (N-methyl/N-ethyl adjacent to an activating group) is 1. The summed E-state index contributed by atoms with van der Waals surface area (Å²) in [7, 11) is -3.52. The van der Waals surface area contributed by atoms with E-state index < -0.39 is 21.8 Å². The van der Waals surface area contributed by atoms with Gasteiger partial charge in [0.15, 0.2) is 0 Å². The molecular weight excluding hydrogens is 210 g/mol. The number of hydrogen-bond acceptors (Lipinski definition) is 4. The summed E-state index contributed by atoms with van der Waals surface area (Å²) in [6.45, 7) is 3.34. The molecule has 14 heavy (non-hydrogen) atoms. The number of hydrogen-bond donors (Lipinski definition) is 3. The van der Waals surface area contributed by atoms with Crippen LogP contribution in [0, 0.1) is 0 Å². The summed E-state index contributed by atoms with van der Waals surface area (Å²) >= 11 is 0. The van der Waals surface area contributed by atoms with Crippen molar-refractivity contribution < 1.29 is 18.0 Å². The number of sulfonamides is 1. The van der Waals surface area contributed by atoms with Gasteiger partial charge in [0.25, 0.3) is 0 Å². The molecule has 0 aliphatic carbocycles. The Morgan fingerprint density at radius 3 is 2.14 bits per heavy atom. The lowest BCUT2D eigenvalue weighted by molar-refractivity contribution is -0.139. The van der Waals surface area contributed by atoms with Crippen molar-refractivity contribution in [1.29, 1.82) is 0 Å². The minimum Gasteiger partial charge on any atom is -0.348 e. The molecule has 0 saturated heterocycles. The molecule has 0 bridgehead atoms. The summed E-state index contributed by atoms with van der Waals surface area (Å²) in [5, 5.41) is 2.21. The van der Waals surface area contributed by atoms with Crippen molar-refractivity contribution in [2.24, 2.45) is 0 Å². The van der Waals surface area contributed by atoms with Crippen LogP contribution in [0.2, 0.25) is 0 Å². The highest BCUT2D eigenvalue weighted by Crippen LogP contribution is 1.78. The molecule has 0 saturated carbocycles. The zero-order valence-corrected chi connectivity index (χ0v) is 8.77. The van der Waals surface area contributed by atoms with Crippen LogP contribution in [0.15, 0.2) is 0 Å². The highest BCUT2D eigenvalue weighted by atomic mass is 32.2. The first-order valence-corrected chi connectivity index (χ1v) is 5.65. The van der Waals surface area contributed by atoms with Crippen LogP contribution in [-0.4, -0.2) is 32.5 Å². The molecule has 0 aliphatic rings. The van der Waals surface area contributed by atoms with E-state index in [0.29, 0.717) is 6.54 Å². The minimum absolute atomic E-state index is 0.178. The average Bonchev–Trinajstić information content (AvgIpc) is 2.15. The number of amides is 2. The Bertz CT molecular complexity index is 311. The maximum Gasteiger partial charge on any atom is 0.324 e. The van der Waals surface area contributed by atoms with E-state index in [1.54, 1.807) is 17.2 Å². The van der Waals surface area contributed by atoms with Crippen molar-refractivity contribution in [1.82, 2.24) is 15.6 Å². The van der Waals surface area contributed by atoms with Crippen molar-refractivity contribution in [2.45, 2.75) is 13.8 Å². The average molecular weight is 223 g/mol. The fourth-order valence-electron chi connectivity index (χ4n) is 0.494. The van der Waals surface area contributed by atoms with Crippen LogP contribution in [0.5, 0.6) is 0 Å². The third-order valence-corrected chi connectivity index (χ3v) is 2.42. The molecule has 0 atom stereocenters. The number of carbonyl (C=O) groups is 2. The van der Waals surface area contributed by atoms with Gasteiger partial charge in [0.05, 0.1) is 5.75 Å². The second kappa shape index (κ2) is 5.55. The molecule has 0 spiro atoms. The standard InChI is InChI=1S/C6H13N3O4S/c1-3-7-5(10)6(11)8-9-14(12,13)4-2/h9H,3-4H2,1-2H3,(H,7,10)(H,8,11). The van der Waals surface area contributed by atoms with Crippen LogP contribution in [0.3, 0.4) is 0 Å². The van der Waals surface area contributed by atoms with E-state index in [1.165, 1.54) is 6.92 Å². The molecular formula is C6H13N3O4S. The molecule has 0 radical (unpaired) electrons. The molecule has 3 N–H and O–H groups in total. The summed E-state index contributed by atoms with van der Waals surface area (Å²) in [5.41, 5.74) is 1.77. The topological polar surface area (TPSA) is 104 Å². The lowest BCUT2D eigenvalue weighted by Gasteiger charge is -2.05. The third kappa shape index (κ3) is 4.77. The van der Waals surface area contributed by atoms with Crippen LogP contribution in [-0.2, 0) is 19.6 Å². The maximum absolute atomic E-state index is 10.8. The molecule has 2 amide bonds. The van der Waals surface area contributed by atoms with Gasteiger partial charge in [-0.2, -0.15) is 0 Å². The predicted molar refractivity (Wildman–Crippen MR) is 49.4 cm³/mol. The van der Waals surface area contributed by atoms with E-state index in [-0.39, 0.29) is 5.75 Å². The van der Waals surface area contributed by atoms with Gasteiger partial charge < -0.3 is 5.32 Å². The maximum atomic E-state index is 10.8. The molecule has 0 aromatic heterocycles. The number of rotatable bonds is 4. The van der Waals surface area contributed by atoms with Gasteiger partial charge >= 0.3 is 11.8 Å². The molecule has 8 heteroatoms. The van der Waals surface area contributed by atoms with E-state index >= 15 is 0 Å². The Hall–Kier alpha value is -1.15. The van der Waals surface area contributed by atoms with Crippen molar-refractivity contribution in [3.63, 3.8) is 0 Å². The van der Waals surface area contributed by atoms with E-state index in [2.05, 4.69) is 5.32 Å². The molecule has 0 aromatic carbocycles. The normalized spacial score (nSPS) is 10.7. The Morgan fingerprint density at radius 1 is 1.14 bits per heavy atom. The van der Waals surface area contributed by atoms with Gasteiger partial charge in [-0.15, -0.1) is 4.83 Å². The van der Waals surface area contributed by atoms with Gasteiger partial charge in [0, 0.05) is 6.54 Å². The first-order chi connectivity index (χ1) is 6.43. The van der Waals surface area contributed by atoms with Crippen molar-refractivity contribution in [3.8, 4) is 0 Å². The van der Waals surface area contributed by atoms with Gasteiger partial charge in [-0.3, -0.25) is 15.0 Å². The van der Waals surface area contributed by atoms with Gasteiger partial charge in [0.2, 0.25) is 10.0 Å². The second-order valence-electron chi connectivity index (χ2n) is 2.32. The smallest absolute Gasteiger partial charge is 0.324 e. The number of carbonyl (C=O) groups excluding carboxylic acids is 2. The number of hydrazine groups is 1. The molecule has 0 fully saturated rings. The van der Waals surface area contributed by atoms with Crippen molar-refractivity contribution in [3.05, 3.63) is 0 Å². The van der Waals surface area contributed by atoms with Crippen LogP contribution >= 0.6 is 0 Å². The fourth-order valence-corrected chi connectivity index (χ4v) is 0.886. The molecule has 0 rings (SSSR count). The minimum atomic E-state index is -3.52. The van der Waals surface area contributed by atoms with Crippen molar-refractivity contribution in [2.75, 3.05) is 12.3 Å². The summed E-state index contributed by atoms with van der Waals surface area (Å²) in [6.07, 6.45) is 0. The SMILES string of the molecule is CCNC(=O)C(=O)NNS(=O)(=O)CC. The van der Waals surface area contributed by atoms with Crippen LogP contribution < -0.4 is 15.6 Å². The van der Waals surface area contributed by atoms with Gasteiger partial charge in [-0.1, -0.05) is 0 Å². The Kier molecular flexibility index (Phi) is 5.10. The Morgan fingerprint density at radius 2 is 1.71 bits per heavy atom. The van der Waals surface area contributed by atoms with Gasteiger partial charge in [-0.05, 0) is 13.8 Å². The first kappa shape index (κ1) is 12.8. The predicted octanol–water partition coefficient (Wildman–Crippen LogP) is -1.91. The highest BCUT2D eigenvalue weighted by molar-refractivity contribution is 7.89.